The van der Waals surface area contributed by atoms with Crippen molar-refractivity contribution < 1.29 is 0 Å². The van der Waals surface area contributed by atoms with Crippen LogP contribution in [0.2, 0.25) is 5.02 Å². The summed E-state index contributed by atoms with van der Waals surface area (Å²) in [6, 6.07) is 6.38. The largest absolute Gasteiger partial charge is 0.397 e. The SMILES string of the molecule is CC1CCCC(N(C)c2ccc(Cl)cc2N)C1. The highest BCUT2D eigenvalue weighted by atomic mass is 35.5. The summed E-state index contributed by atoms with van der Waals surface area (Å²) < 4.78 is 0. The fraction of sp³-hybridized carbons (Fsp3) is 0.571. The summed E-state index contributed by atoms with van der Waals surface area (Å²) in [5.41, 5.74) is 7.92. The molecule has 0 spiro atoms. The molecule has 0 saturated heterocycles. The second kappa shape index (κ2) is 5.18. The number of benzene rings is 1. The zero-order valence-electron chi connectivity index (χ0n) is 10.6. The molecule has 1 fully saturated rings. The Labute approximate surface area is 109 Å². The van der Waals surface area contributed by atoms with E-state index in [4.69, 9.17) is 17.3 Å². The molecule has 0 aliphatic heterocycles. The predicted molar refractivity (Wildman–Crippen MR) is 75.7 cm³/mol. The van der Waals surface area contributed by atoms with Crippen LogP contribution >= 0.6 is 11.6 Å². The van der Waals surface area contributed by atoms with Gasteiger partial charge < -0.3 is 10.6 Å². The van der Waals surface area contributed by atoms with Gasteiger partial charge in [-0.05, 0) is 37.0 Å². The predicted octanol–water partition coefficient (Wildman–Crippen LogP) is 3.94. The van der Waals surface area contributed by atoms with Gasteiger partial charge in [-0.2, -0.15) is 0 Å². The molecule has 2 atom stereocenters. The molecule has 2 rings (SSSR count). The summed E-state index contributed by atoms with van der Waals surface area (Å²) in [5, 5.41) is 0.705. The molecule has 1 aromatic rings. The number of nitrogen functional groups attached to an aromatic ring is 1. The van der Waals surface area contributed by atoms with Gasteiger partial charge in [0.15, 0.2) is 0 Å². The van der Waals surface area contributed by atoms with E-state index in [2.05, 4.69) is 18.9 Å². The van der Waals surface area contributed by atoms with Crippen LogP contribution in [0.5, 0.6) is 0 Å². The fourth-order valence-corrected chi connectivity index (χ4v) is 2.98. The minimum absolute atomic E-state index is 0.613. The van der Waals surface area contributed by atoms with E-state index < -0.39 is 0 Å². The van der Waals surface area contributed by atoms with E-state index in [1.807, 2.05) is 18.2 Å². The van der Waals surface area contributed by atoms with Gasteiger partial charge in [-0.25, -0.2) is 0 Å². The van der Waals surface area contributed by atoms with Gasteiger partial charge in [0, 0.05) is 18.1 Å². The van der Waals surface area contributed by atoms with E-state index in [0.29, 0.717) is 11.1 Å². The molecule has 94 valence electrons. The van der Waals surface area contributed by atoms with Crippen LogP contribution in [0.25, 0.3) is 0 Å². The van der Waals surface area contributed by atoms with E-state index in [0.717, 1.165) is 17.3 Å². The highest BCUT2D eigenvalue weighted by molar-refractivity contribution is 6.31. The Morgan fingerprint density at radius 3 is 2.76 bits per heavy atom. The van der Waals surface area contributed by atoms with Crippen LogP contribution in [-0.2, 0) is 0 Å². The first-order valence-electron chi connectivity index (χ1n) is 6.36. The third-order valence-corrected chi connectivity index (χ3v) is 4.06. The van der Waals surface area contributed by atoms with Gasteiger partial charge in [-0.15, -0.1) is 0 Å². The summed E-state index contributed by atoms with van der Waals surface area (Å²) in [4.78, 5) is 2.32. The van der Waals surface area contributed by atoms with Crippen molar-refractivity contribution in [2.24, 2.45) is 5.92 Å². The average Bonchev–Trinajstić information content (AvgIpc) is 2.28. The van der Waals surface area contributed by atoms with Crippen molar-refractivity contribution in [3.05, 3.63) is 23.2 Å². The number of hydrogen-bond acceptors (Lipinski definition) is 2. The number of halogens is 1. The quantitative estimate of drug-likeness (QED) is 0.808. The van der Waals surface area contributed by atoms with Crippen LogP contribution in [0.15, 0.2) is 18.2 Å². The normalized spacial score (nSPS) is 24.6. The summed E-state index contributed by atoms with van der Waals surface area (Å²) in [6.07, 6.45) is 5.21. The lowest BCUT2D eigenvalue weighted by molar-refractivity contribution is 0.336. The van der Waals surface area contributed by atoms with Gasteiger partial charge in [-0.1, -0.05) is 31.4 Å². The van der Waals surface area contributed by atoms with Crippen molar-refractivity contribution in [2.45, 2.75) is 38.6 Å². The number of nitrogens with zero attached hydrogens (tertiary/aromatic N) is 1. The van der Waals surface area contributed by atoms with Gasteiger partial charge in [0.05, 0.1) is 11.4 Å². The third kappa shape index (κ3) is 2.86. The summed E-state index contributed by atoms with van der Waals surface area (Å²) in [6.45, 7) is 2.34. The molecule has 1 aliphatic rings. The molecule has 0 radical (unpaired) electrons. The second-order valence-electron chi connectivity index (χ2n) is 5.24. The van der Waals surface area contributed by atoms with Crippen molar-refractivity contribution in [3.63, 3.8) is 0 Å². The molecule has 2 nitrogen and oxygen atoms in total. The van der Waals surface area contributed by atoms with E-state index >= 15 is 0 Å². The van der Waals surface area contributed by atoms with Crippen LogP contribution in [0, 0.1) is 5.92 Å². The van der Waals surface area contributed by atoms with Gasteiger partial charge in [0.25, 0.3) is 0 Å². The highest BCUT2D eigenvalue weighted by Gasteiger charge is 2.23. The first-order valence-corrected chi connectivity index (χ1v) is 6.73. The lowest BCUT2D eigenvalue weighted by Crippen LogP contribution is -2.35. The zero-order valence-corrected chi connectivity index (χ0v) is 11.4. The number of hydrogen-bond donors (Lipinski definition) is 1. The second-order valence-corrected chi connectivity index (χ2v) is 5.68. The van der Waals surface area contributed by atoms with E-state index in [1.165, 1.54) is 25.7 Å². The lowest BCUT2D eigenvalue weighted by atomic mass is 9.86. The maximum absolute atomic E-state index is 6.04. The zero-order chi connectivity index (χ0) is 12.4. The number of rotatable bonds is 2. The Kier molecular flexibility index (Phi) is 3.82. The Morgan fingerprint density at radius 1 is 1.35 bits per heavy atom. The van der Waals surface area contributed by atoms with Crippen LogP contribution in [-0.4, -0.2) is 13.1 Å². The van der Waals surface area contributed by atoms with E-state index in [9.17, 15) is 0 Å². The Hall–Kier alpha value is -0.890. The molecule has 0 amide bonds. The molecule has 17 heavy (non-hydrogen) atoms. The van der Waals surface area contributed by atoms with Gasteiger partial charge >= 0.3 is 0 Å². The Bertz CT molecular complexity index is 392. The first-order chi connectivity index (χ1) is 8.08. The topological polar surface area (TPSA) is 29.3 Å². The van der Waals surface area contributed by atoms with Crippen LogP contribution < -0.4 is 10.6 Å². The standard InChI is InChI=1S/C14H21ClN2/c1-10-4-3-5-12(8-10)17(2)14-7-6-11(15)9-13(14)16/h6-7,9-10,12H,3-5,8,16H2,1-2H3. The van der Waals surface area contributed by atoms with Crippen LogP contribution in [0.1, 0.15) is 32.6 Å². The molecular weight excluding hydrogens is 232 g/mol. The van der Waals surface area contributed by atoms with E-state index in [-0.39, 0.29) is 0 Å². The molecule has 2 N–H and O–H groups in total. The van der Waals surface area contributed by atoms with Crippen molar-refractivity contribution in [1.82, 2.24) is 0 Å². The fourth-order valence-electron chi connectivity index (χ4n) is 2.80. The van der Waals surface area contributed by atoms with Crippen molar-refractivity contribution >= 4 is 23.0 Å². The maximum Gasteiger partial charge on any atom is 0.0600 e. The summed E-state index contributed by atoms with van der Waals surface area (Å²) in [7, 11) is 2.14. The number of anilines is 2. The molecule has 1 aliphatic carbocycles. The molecule has 3 heteroatoms. The molecule has 0 heterocycles. The van der Waals surface area contributed by atoms with Crippen molar-refractivity contribution in [2.75, 3.05) is 17.7 Å². The minimum Gasteiger partial charge on any atom is -0.397 e. The Balaban J connectivity index is 2.15. The lowest BCUT2D eigenvalue weighted by Gasteiger charge is -2.36. The molecular formula is C14H21ClN2. The van der Waals surface area contributed by atoms with Crippen LogP contribution in [0.4, 0.5) is 11.4 Å². The Morgan fingerprint density at radius 2 is 2.12 bits per heavy atom. The monoisotopic (exact) mass is 252 g/mol. The molecule has 1 aromatic carbocycles. The molecule has 0 aromatic heterocycles. The molecule has 0 bridgehead atoms. The molecule has 1 saturated carbocycles. The smallest absolute Gasteiger partial charge is 0.0600 e. The van der Waals surface area contributed by atoms with Gasteiger partial charge in [-0.3, -0.25) is 0 Å². The van der Waals surface area contributed by atoms with Crippen molar-refractivity contribution in [1.29, 1.82) is 0 Å². The molecule has 2 unspecified atom stereocenters. The first kappa shape index (κ1) is 12.6. The number of nitrogens with two attached hydrogens (primary N) is 1. The minimum atomic E-state index is 0.613. The summed E-state index contributed by atoms with van der Waals surface area (Å²) >= 11 is 5.93. The maximum atomic E-state index is 6.04. The highest BCUT2D eigenvalue weighted by Crippen LogP contribution is 2.33. The van der Waals surface area contributed by atoms with Crippen molar-refractivity contribution in [3.8, 4) is 0 Å². The summed E-state index contributed by atoms with van der Waals surface area (Å²) in [5.74, 6) is 0.824. The van der Waals surface area contributed by atoms with Crippen LogP contribution in [0.3, 0.4) is 0 Å². The van der Waals surface area contributed by atoms with Gasteiger partial charge in [0.2, 0.25) is 0 Å². The van der Waals surface area contributed by atoms with E-state index in [1.54, 1.807) is 0 Å². The third-order valence-electron chi connectivity index (χ3n) is 3.83. The average molecular weight is 253 g/mol. The van der Waals surface area contributed by atoms with Gasteiger partial charge in [0.1, 0.15) is 0 Å².